The van der Waals surface area contributed by atoms with Crippen molar-refractivity contribution in [2.45, 2.75) is 51.2 Å². The molecule has 1 saturated heterocycles. The molecule has 4 rings (SSSR count). The molecule has 2 heterocycles. The second-order valence-corrected chi connectivity index (χ2v) is 7.54. The molecule has 2 fully saturated rings. The van der Waals surface area contributed by atoms with Gasteiger partial charge < -0.3 is 14.2 Å². The predicted molar refractivity (Wildman–Crippen MR) is 99.7 cm³/mol. The predicted octanol–water partition coefficient (Wildman–Crippen LogP) is 4.20. The van der Waals surface area contributed by atoms with Crippen LogP contribution in [0.1, 0.15) is 49.4 Å². The smallest absolute Gasteiger partial charge is 0.410 e. The van der Waals surface area contributed by atoms with Crippen LogP contribution >= 0.6 is 0 Å². The molecule has 1 saturated carbocycles. The molecule has 1 aromatic carbocycles. The van der Waals surface area contributed by atoms with Gasteiger partial charge in [-0.05, 0) is 37.2 Å². The van der Waals surface area contributed by atoms with Crippen LogP contribution in [0.2, 0.25) is 0 Å². The number of carbonyl (C=O) groups excluding carboxylic acids is 1. The van der Waals surface area contributed by atoms with E-state index in [1.807, 2.05) is 41.4 Å². The Morgan fingerprint density at radius 2 is 1.88 bits per heavy atom. The molecule has 1 aliphatic carbocycles. The number of nitrogens with zero attached hydrogens (tertiary/aromatic N) is 3. The quantitative estimate of drug-likeness (QED) is 0.809. The zero-order chi connectivity index (χ0) is 17.8. The molecule has 26 heavy (non-hydrogen) atoms. The summed E-state index contributed by atoms with van der Waals surface area (Å²) >= 11 is 0. The maximum Gasteiger partial charge on any atom is 0.410 e. The molecule has 0 radical (unpaired) electrons. The summed E-state index contributed by atoms with van der Waals surface area (Å²) in [7, 11) is 0. The lowest BCUT2D eigenvalue weighted by Gasteiger charge is -2.32. The molecule has 1 amide bonds. The average molecular weight is 353 g/mol. The lowest BCUT2D eigenvalue weighted by Crippen LogP contribution is -2.38. The topological polar surface area (TPSA) is 47.4 Å². The summed E-state index contributed by atoms with van der Waals surface area (Å²) in [6.45, 7) is 2.93. The van der Waals surface area contributed by atoms with E-state index in [-0.39, 0.29) is 6.09 Å². The Balaban J connectivity index is 1.27. The molecule has 0 N–H and O–H groups in total. The van der Waals surface area contributed by atoms with Gasteiger partial charge in [0.2, 0.25) is 0 Å². The third-order valence-corrected chi connectivity index (χ3v) is 5.75. The highest BCUT2D eigenvalue weighted by atomic mass is 16.6. The average Bonchev–Trinajstić information content (AvgIpc) is 3.12. The Hall–Kier alpha value is -2.30. The fourth-order valence-electron chi connectivity index (χ4n) is 3.92. The zero-order valence-corrected chi connectivity index (χ0v) is 15.2. The first-order valence-electron chi connectivity index (χ1n) is 9.76. The number of aromatic nitrogens is 2. The van der Waals surface area contributed by atoms with Crippen molar-refractivity contribution in [3.63, 3.8) is 0 Å². The molecule has 0 unspecified atom stereocenters. The first-order chi connectivity index (χ1) is 12.8. The standard InChI is InChI=1S/C21H27N3O2/c25-21(26-16-18-5-2-1-3-6-18)23-12-9-19(10-13-23)20-22-11-14-24(20)15-17-7-4-8-17/h1-3,5-6,11,14,17,19H,4,7-10,12-13,15-16H2. The Morgan fingerprint density at radius 1 is 1.12 bits per heavy atom. The molecule has 2 aliphatic rings. The van der Waals surface area contributed by atoms with Gasteiger partial charge >= 0.3 is 6.09 Å². The van der Waals surface area contributed by atoms with E-state index in [0.717, 1.165) is 44.0 Å². The van der Waals surface area contributed by atoms with Gasteiger partial charge in [0.25, 0.3) is 0 Å². The highest BCUT2D eigenvalue weighted by molar-refractivity contribution is 5.67. The van der Waals surface area contributed by atoms with E-state index in [2.05, 4.69) is 15.7 Å². The monoisotopic (exact) mass is 353 g/mol. The summed E-state index contributed by atoms with van der Waals surface area (Å²) in [4.78, 5) is 18.8. The van der Waals surface area contributed by atoms with Gasteiger partial charge in [-0.1, -0.05) is 36.8 Å². The van der Waals surface area contributed by atoms with Gasteiger partial charge in [0, 0.05) is 37.9 Å². The molecule has 138 valence electrons. The van der Waals surface area contributed by atoms with E-state index in [1.54, 1.807) is 0 Å². The van der Waals surface area contributed by atoms with Gasteiger partial charge in [-0.2, -0.15) is 0 Å². The number of hydrogen-bond acceptors (Lipinski definition) is 3. The normalized spacial score (nSPS) is 18.5. The van der Waals surface area contributed by atoms with Crippen LogP contribution in [-0.2, 0) is 17.9 Å². The molecule has 0 spiro atoms. The van der Waals surface area contributed by atoms with Crippen molar-refractivity contribution >= 4 is 6.09 Å². The molecular weight excluding hydrogens is 326 g/mol. The van der Waals surface area contributed by atoms with Gasteiger partial charge in [0.05, 0.1) is 0 Å². The van der Waals surface area contributed by atoms with E-state index >= 15 is 0 Å². The lowest BCUT2D eigenvalue weighted by atomic mass is 9.85. The molecule has 2 aromatic rings. The maximum atomic E-state index is 12.3. The minimum absolute atomic E-state index is 0.204. The number of rotatable bonds is 5. The summed E-state index contributed by atoms with van der Waals surface area (Å²) in [6.07, 6.45) is 9.84. The van der Waals surface area contributed by atoms with Crippen LogP contribution in [0.5, 0.6) is 0 Å². The summed E-state index contributed by atoms with van der Waals surface area (Å²) in [6, 6.07) is 9.83. The van der Waals surface area contributed by atoms with Crippen molar-refractivity contribution in [2.75, 3.05) is 13.1 Å². The van der Waals surface area contributed by atoms with Crippen LogP contribution in [0.4, 0.5) is 4.79 Å². The highest BCUT2D eigenvalue weighted by Gasteiger charge is 2.28. The number of hydrogen-bond donors (Lipinski definition) is 0. The van der Waals surface area contributed by atoms with Crippen molar-refractivity contribution in [3.8, 4) is 0 Å². The van der Waals surface area contributed by atoms with Crippen molar-refractivity contribution in [2.24, 2.45) is 5.92 Å². The van der Waals surface area contributed by atoms with Crippen molar-refractivity contribution in [1.82, 2.24) is 14.5 Å². The van der Waals surface area contributed by atoms with Crippen LogP contribution < -0.4 is 0 Å². The Morgan fingerprint density at radius 3 is 2.58 bits per heavy atom. The minimum Gasteiger partial charge on any atom is -0.445 e. The maximum absolute atomic E-state index is 12.3. The summed E-state index contributed by atoms with van der Waals surface area (Å²) in [5.74, 6) is 2.48. The molecular formula is C21H27N3O2. The van der Waals surface area contributed by atoms with Crippen LogP contribution in [0.3, 0.4) is 0 Å². The van der Waals surface area contributed by atoms with Gasteiger partial charge in [-0.15, -0.1) is 0 Å². The number of likely N-dealkylation sites (tertiary alicyclic amines) is 1. The highest BCUT2D eigenvalue weighted by Crippen LogP contribution is 2.31. The van der Waals surface area contributed by atoms with E-state index in [4.69, 9.17) is 4.74 Å². The second kappa shape index (κ2) is 7.94. The Labute approximate surface area is 155 Å². The molecule has 0 bridgehead atoms. The van der Waals surface area contributed by atoms with E-state index in [0.29, 0.717) is 12.5 Å². The van der Waals surface area contributed by atoms with Gasteiger partial charge in [0.1, 0.15) is 12.4 Å². The number of ether oxygens (including phenoxy) is 1. The molecule has 0 atom stereocenters. The van der Waals surface area contributed by atoms with Crippen molar-refractivity contribution in [1.29, 1.82) is 0 Å². The van der Waals surface area contributed by atoms with Gasteiger partial charge in [0.15, 0.2) is 0 Å². The third kappa shape index (κ3) is 3.92. The molecule has 1 aromatic heterocycles. The fourth-order valence-corrected chi connectivity index (χ4v) is 3.92. The second-order valence-electron chi connectivity index (χ2n) is 7.54. The van der Waals surface area contributed by atoms with Crippen molar-refractivity contribution < 1.29 is 9.53 Å². The van der Waals surface area contributed by atoms with E-state index in [9.17, 15) is 4.79 Å². The van der Waals surface area contributed by atoms with Crippen LogP contribution in [0.15, 0.2) is 42.7 Å². The number of benzene rings is 1. The van der Waals surface area contributed by atoms with E-state index in [1.165, 1.54) is 25.1 Å². The summed E-state index contributed by atoms with van der Waals surface area (Å²) in [5.41, 5.74) is 1.02. The Bertz CT molecular complexity index is 716. The van der Waals surface area contributed by atoms with Crippen molar-refractivity contribution in [3.05, 3.63) is 54.1 Å². The van der Waals surface area contributed by atoms with Gasteiger partial charge in [-0.25, -0.2) is 9.78 Å². The third-order valence-electron chi connectivity index (χ3n) is 5.75. The van der Waals surface area contributed by atoms with Gasteiger partial charge in [-0.3, -0.25) is 0 Å². The van der Waals surface area contributed by atoms with E-state index < -0.39 is 0 Å². The SMILES string of the molecule is O=C(OCc1ccccc1)N1CCC(c2nccn2CC2CCC2)CC1. The first-order valence-corrected chi connectivity index (χ1v) is 9.76. The van der Waals surface area contributed by atoms with Crippen LogP contribution in [0.25, 0.3) is 0 Å². The minimum atomic E-state index is -0.204. The molecule has 5 heteroatoms. The number of piperidine rings is 1. The lowest BCUT2D eigenvalue weighted by molar-refractivity contribution is 0.0863. The number of amides is 1. The molecule has 5 nitrogen and oxygen atoms in total. The van der Waals surface area contributed by atoms with Crippen LogP contribution in [-0.4, -0.2) is 33.6 Å². The first kappa shape index (κ1) is 17.1. The summed E-state index contributed by atoms with van der Waals surface area (Å²) in [5, 5.41) is 0. The zero-order valence-electron chi connectivity index (χ0n) is 15.2. The summed E-state index contributed by atoms with van der Waals surface area (Å²) < 4.78 is 7.80. The largest absolute Gasteiger partial charge is 0.445 e. The number of imidazole rings is 1. The fraction of sp³-hybridized carbons (Fsp3) is 0.524. The van der Waals surface area contributed by atoms with Crippen LogP contribution in [0, 0.1) is 5.92 Å². The number of carbonyl (C=O) groups is 1. The molecule has 1 aliphatic heterocycles. The Kier molecular flexibility index (Phi) is 5.23.